The molecule has 0 aliphatic rings. The molecule has 1 aromatic heterocycles. The fourth-order valence-corrected chi connectivity index (χ4v) is 1.79. The third-order valence-electron chi connectivity index (χ3n) is 2.53. The second kappa shape index (κ2) is 6.21. The van der Waals surface area contributed by atoms with Gasteiger partial charge in [0.15, 0.2) is 0 Å². The van der Waals surface area contributed by atoms with Crippen LogP contribution in [0.1, 0.15) is 10.5 Å². The van der Waals surface area contributed by atoms with E-state index in [0.717, 1.165) is 0 Å². The highest BCUT2D eigenvalue weighted by molar-refractivity contribution is 6.32. The van der Waals surface area contributed by atoms with Crippen molar-refractivity contribution < 1.29 is 9.53 Å². The number of nitrogens with one attached hydrogen (secondary N) is 2. The average Bonchev–Trinajstić information content (AvgIpc) is 2.47. The lowest BCUT2D eigenvalue weighted by atomic mass is 10.3. The highest BCUT2D eigenvalue weighted by Crippen LogP contribution is 2.27. The van der Waals surface area contributed by atoms with E-state index in [1.165, 1.54) is 19.5 Å². The van der Waals surface area contributed by atoms with Crippen molar-refractivity contribution in [1.29, 1.82) is 0 Å². The van der Waals surface area contributed by atoms with Gasteiger partial charge in [-0.2, -0.15) is 0 Å². The summed E-state index contributed by atoms with van der Waals surface area (Å²) in [5, 5.41) is 5.93. The van der Waals surface area contributed by atoms with E-state index in [9.17, 15) is 4.79 Å². The number of aromatic nitrogens is 2. The molecule has 0 aliphatic carbocycles. The normalized spacial score (nSPS) is 9.95. The van der Waals surface area contributed by atoms with Crippen molar-refractivity contribution in [3.05, 3.63) is 41.3 Å². The van der Waals surface area contributed by atoms with Crippen LogP contribution >= 0.6 is 11.6 Å². The topological polar surface area (TPSA) is 76.1 Å². The fourth-order valence-electron chi connectivity index (χ4n) is 1.54. The lowest BCUT2D eigenvalue weighted by molar-refractivity contribution is 0.102. The van der Waals surface area contributed by atoms with Crippen LogP contribution in [-0.4, -0.2) is 30.0 Å². The van der Waals surface area contributed by atoms with Gasteiger partial charge in [0.05, 0.1) is 24.5 Å². The molecule has 0 radical (unpaired) electrons. The molecule has 0 saturated carbocycles. The second-order valence-corrected chi connectivity index (χ2v) is 4.25. The van der Waals surface area contributed by atoms with Crippen molar-refractivity contribution in [2.45, 2.75) is 0 Å². The molecule has 0 aliphatic heterocycles. The molecule has 1 aromatic carbocycles. The zero-order valence-electron chi connectivity index (χ0n) is 11.0. The molecule has 1 amide bonds. The second-order valence-electron chi connectivity index (χ2n) is 3.84. The summed E-state index contributed by atoms with van der Waals surface area (Å²) in [6.07, 6.45) is 2.92. The van der Waals surface area contributed by atoms with Gasteiger partial charge >= 0.3 is 0 Å². The predicted molar refractivity (Wildman–Crippen MR) is 77.5 cm³/mol. The van der Waals surface area contributed by atoms with Crippen LogP contribution in [0.5, 0.6) is 5.75 Å². The minimum atomic E-state index is -0.365. The first kappa shape index (κ1) is 14.1. The van der Waals surface area contributed by atoms with Crippen LogP contribution in [0.25, 0.3) is 0 Å². The number of hydrogen-bond donors (Lipinski definition) is 2. The summed E-state index contributed by atoms with van der Waals surface area (Å²) in [4.78, 5) is 20.1. The van der Waals surface area contributed by atoms with E-state index in [1.54, 1.807) is 25.2 Å². The zero-order chi connectivity index (χ0) is 14.5. The first-order valence-electron chi connectivity index (χ1n) is 5.78. The monoisotopic (exact) mass is 292 g/mol. The molecule has 0 fully saturated rings. The quantitative estimate of drug-likeness (QED) is 0.905. The number of ether oxygens (including phenoxy) is 1. The van der Waals surface area contributed by atoms with E-state index in [1.807, 2.05) is 0 Å². The third kappa shape index (κ3) is 3.16. The molecular formula is C13H13ClN4O2. The van der Waals surface area contributed by atoms with Crippen molar-refractivity contribution in [3.8, 4) is 5.75 Å². The Morgan fingerprint density at radius 2 is 2.15 bits per heavy atom. The minimum absolute atomic E-state index is 0.212. The molecule has 0 atom stereocenters. The van der Waals surface area contributed by atoms with Crippen LogP contribution in [0.3, 0.4) is 0 Å². The number of amides is 1. The van der Waals surface area contributed by atoms with E-state index in [4.69, 9.17) is 16.3 Å². The van der Waals surface area contributed by atoms with Crippen molar-refractivity contribution in [2.75, 3.05) is 24.8 Å². The molecule has 6 nitrogen and oxygen atoms in total. The molecule has 104 valence electrons. The van der Waals surface area contributed by atoms with E-state index >= 15 is 0 Å². The first-order valence-corrected chi connectivity index (χ1v) is 6.16. The summed E-state index contributed by atoms with van der Waals surface area (Å²) < 4.78 is 5.04. The highest BCUT2D eigenvalue weighted by Gasteiger charge is 2.10. The van der Waals surface area contributed by atoms with Gasteiger partial charge in [0.1, 0.15) is 17.3 Å². The number of nitrogens with zero attached hydrogens (tertiary/aromatic N) is 2. The molecule has 0 saturated heterocycles. The summed E-state index contributed by atoms with van der Waals surface area (Å²) in [5.74, 6) is 0.697. The molecule has 7 heteroatoms. The van der Waals surface area contributed by atoms with Crippen LogP contribution < -0.4 is 15.4 Å². The Kier molecular flexibility index (Phi) is 4.37. The van der Waals surface area contributed by atoms with E-state index < -0.39 is 0 Å². The van der Waals surface area contributed by atoms with Crippen molar-refractivity contribution in [3.63, 3.8) is 0 Å². The van der Waals surface area contributed by atoms with E-state index in [-0.39, 0.29) is 11.6 Å². The van der Waals surface area contributed by atoms with Crippen LogP contribution in [0.2, 0.25) is 5.02 Å². The summed E-state index contributed by atoms with van der Waals surface area (Å²) in [6.45, 7) is 0. The van der Waals surface area contributed by atoms with E-state index in [2.05, 4.69) is 20.6 Å². The predicted octanol–water partition coefficient (Wildman–Crippen LogP) is 2.43. The summed E-state index contributed by atoms with van der Waals surface area (Å²) in [6, 6.07) is 4.97. The Balaban J connectivity index is 2.16. The lowest BCUT2D eigenvalue weighted by Crippen LogP contribution is -2.14. The van der Waals surface area contributed by atoms with Crippen molar-refractivity contribution in [2.24, 2.45) is 0 Å². The molecule has 0 unspecified atom stereocenters. The zero-order valence-corrected chi connectivity index (χ0v) is 11.7. The van der Waals surface area contributed by atoms with Gasteiger partial charge in [0.25, 0.3) is 5.91 Å². The number of halogens is 1. The number of hydrogen-bond acceptors (Lipinski definition) is 5. The van der Waals surface area contributed by atoms with Gasteiger partial charge in [-0.05, 0) is 18.2 Å². The van der Waals surface area contributed by atoms with Crippen LogP contribution in [0.15, 0.2) is 30.6 Å². The molecular weight excluding hydrogens is 280 g/mol. The Labute approximate surface area is 121 Å². The number of carbonyl (C=O) groups is 1. The van der Waals surface area contributed by atoms with Crippen LogP contribution in [0, 0.1) is 0 Å². The van der Waals surface area contributed by atoms with Gasteiger partial charge < -0.3 is 15.4 Å². The molecule has 2 N–H and O–H groups in total. The third-order valence-corrected chi connectivity index (χ3v) is 2.83. The Bertz CT molecular complexity index is 634. The maximum Gasteiger partial charge on any atom is 0.275 e. The van der Waals surface area contributed by atoms with Gasteiger partial charge in [-0.1, -0.05) is 11.6 Å². The van der Waals surface area contributed by atoms with E-state index in [0.29, 0.717) is 22.3 Å². The molecule has 20 heavy (non-hydrogen) atoms. The number of rotatable bonds is 4. The lowest BCUT2D eigenvalue weighted by Gasteiger charge is -2.08. The van der Waals surface area contributed by atoms with Crippen molar-refractivity contribution >= 4 is 29.0 Å². The summed E-state index contributed by atoms with van der Waals surface area (Å²) in [7, 11) is 3.23. The maximum absolute atomic E-state index is 12.0. The summed E-state index contributed by atoms with van der Waals surface area (Å²) in [5.41, 5.74) is 0.765. The molecule has 2 rings (SSSR count). The van der Waals surface area contributed by atoms with Gasteiger partial charge in [0.2, 0.25) is 0 Å². The summed E-state index contributed by atoms with van der Waals surface area (Å²) >= 11 is 5.99. The van der Waals surface area contributed by atoms with Gasteiger partial charge in [0, 0.05) is 12.7 Å². The number of anilines is 2. The smallest absolute Gasteiger partial charge is 0.275 e. The highest BCUT2D eigenvalue weighted by atomic mass is 35.5. The Hall–Kier alpha value is -2.34. The SMILES string of the molecule is CNc1cncc(C(=O)Nc2ccc(OC)c(Cl)c2)n1. The largest absolute Gasteiger partial charge is 0.495 e. The molecule has 2 aromatic rings. The van der Waals surface area contributed by atoms with Crippen LogP contribution in [-0.2, 0) is 0 Å². The standard InChI is InChI=1S/C13H13ClN4O2/c1-15-12-7-16-6-10(18-12)13(19)17-8-3-4-11(20-2)9(14)5-8/h3-7H,1-2H3,(H,15,18)(H,17,19). The van der Waals surface area contributed by atoms with Gasteiger partial charge in [-0.15, -0.1) is 0 Å². The van der Waals surface area contributed by atoms with Gasteiger partial charge in [-0.3, -0.25) is 9.78 Å². The molecule has 0 spiro atoms. The molecule has 0 bridgehead atoms. The first-order chi connectivity index (χ1) is 9.63. The Morgan fingerprint density at radius 1 is 1.35 bits per heavy atom. The molecule has 1 heterocycles. The van der Waals surface area contributed by atoms with Gasteiger partial charge in [-0.25, -0.2) is 4.98 Å². The Morgan fingerprint density at radius 3 is 2.80 bits per heavy atom. The average molecular weight is 293 g/mol. The minimum Gasteiger partial charge on any atom is -0.495 e. The van der Waals surface area contributed by atoms with Crippen molar-refractivity contribution in [1.82, 2.24) is 9.97 Å². The maximum atomic E-state index is 12.0. The number of benzene rings is 1. The number of carbonyl (C=O) groups excluding carboxylic acids is 1. The fraction of sp³-hybridized carbons (Fsp3) is 0.154. The van der Waals surface area contributed by atoms with Crippen LogP contribution in [0.4, 0.5) is 11.5 Å². The number of methoxy groups -OCH3 is 1.